The molecule has 0 unspecified atom stereocenters. The molecule has 0 heterocycles. The standard InChI is InChI=1S/C30H48O4/c1-25(2)13-15-30(24(33)34)16-14-28(5)19(20(30)17-25)7-8-22-26(3)11-10-23(32)27(4,18-31)21(26)9-12-29(22,28)6/h7,20-23,31-32H,8-18H2,1-6H3,(H,33,34)/t20-,21+,22+,23-,26-,27-,28-,29+,30-/m1/s1. The Labute approximate surface area is 206 Å². The van der Waals surface area contributed by atoms with E-state index in [0.717, 1.165) is 64.2 Å². The van der Waals surface area contributed by atoms with Gasteiger partial charge in [-0.1, -0.05) is 53.2 Å². The molecule has 192 valence electrons. The van der Waals surface area contributed by atoms with Crippen molar-refractivity contribution in [2.45, 2.75) is 112 Å². The Morgan fingerprint density at radius 1 is 0.941 bits per heavy atom. The molecule has 34 heavy (non-hydrogen) atoms. The average Bonchev–Trinajstić information content (AvgIpc) is 2.76. The molecular weight excluding hydrogens is 424 g/mol. The highest BCUT2D eigenvalue weighted by atomic mass is 16.4. The Morgan fingerprint density at radius 3 is 2.26 bits per heavy atom. The van der Waals surface area contributed by atoms with E-state index < -0.39 is 22.9 Å². The lowest BCUT2D eigenvalue weighted by Crippen LogP contribution is -2.65. The number of carboxylic acid groups (broad SMARTS) is 1. The van der Waals surface area contributed by atoms with Crippen molar-refractivity contribution in [3.8, 4) is 0 Å². The number of aliphatic carboxylic acids is 1. The van der Waals surface area contributed by atoms with E-state index in [9.17, 15) is 20.1 Å². The lowest BCUT2D eigenvalue weighted by molar-refractivity contribution is -0.216. The molecule has 0 aromatic rings. The quantitative estimate of drug-likeness (QED) is 0.418. The van der Waals surface area contributed by atoms with Gasteiger partial charge in [-0.25, -0.2) is 0 Å². The molecule has 0 aliphatic heterocycles. The van der Waals surface area contributed by atoms with Crippen LogP contribution in [0.5, 0.6) is 0 Å². The third kappa shape index (κ3) is 2.88. The summed E-state index contributed by atoms with van der Waals surface area (Å²) in [4.78, 5) is 12.8. The van der Waals surface area contributed by atoms with E-state index in [1.165, 1.54) is 5.57 Å². The Kier molecular flexibility index (Phi) is 5.36. The number of hydrogen-bond acceptors (Lipinski definition) is 3. The SMILES string of the molecule is CC1(C)CC[C@@]2(C(=O)O)CC[C@]3(C)C(=CC[C@H]4[C@]5(C)CC[C@@H](O)[C@](C)(CO)[C@H]5CC[C@@]43C)[C@H]2C1. The highest BCUT2D eigenvalue weighted by molar-refractivity contribution is 5.76. The van der Waals surface area contributed by atoms with Crippen LogP contribution < -0.4 is 0 Å². The van der Waals surface area contributed by atoms with Gasteiger partial charge in [0.05, 0.1) is 18.1 Å². The Hall–Kier alpha value is -0.870. The van der Waals surface area contributed by atoms with Gasteiger partial charge in [-0.2, -0.15) is 0 Å². The molecule has 0 aromatic carbocycles. The van der Waals surface area contributed by atoms with Crippen LogP contribution in [0.1, 0.15) is 106 Å². The van der Waals surface area contributed by atoms with E-state index in [-0.39, 0.29) is 34.2 Å². The minimum Gasteiger partial charge on any atom is -0.481 e. The molecule has 5 aliphatic rings. The molecule has 0 spiro atoms. The highest BCUT2D eigenvalue weighted by Gasteiger charge is 2.69. The van der Waals surface area contributed by atoms with E-state index >= 15 is 0 Å². The largest absolute Gasteiger partial charge is 0.481 e. The summed E-state index contributed by atoms with van der Waals surface area (Å²) in [6.07, 6.45) is 11.6. The zero-order chi connectivity index (χ0) is 24.9. The number of carboxylic acids is 1. The van der Waals surface area contributed by atoms with Crippen LogP contribution in [0.3, 0.4) is 0 Å². The first-order valence-corrected chi connectivity index (χ1v) is 13.9. The summed E-state index contributed by atoms with van der Waals surface area (Å²) >= 11 is 0. The first kappa shape index (κ1) is 24.8. The Balaban J connectivity index is 1.60. The molecule has 4 fully saturated rings. The van der Waals surface area contributed by atoms with Crippen molar-refractivity contribution >= 4 is 5.97 Å². The normalized spacial score (nSPS) is 54.1. The fourth-order valence-corrected chi connectivity index (χ4v) is 10.7. The lowest BCUT2D eigenvalue weighted by Gasteiger charge is -2.71. The third-order valence-electron chi connectivity index (χ3n) is 13.2. The average molecular weight is 473 g/mol. The van der Waals surface area contributed by atoms with Gasteiger partial charge in [-0.3, -0.25) is 4.79 Å². The maximum absolute atomic E-state index is 12.8. The van der Waals surface area contributed by atoms with Gasteiger partial charge >= 0.3 is 5.97 Å². The summed E-state index contributed by atoms with van der Waals surface area (Å²) in [5.41, 5.74) is 0.858. The minimum atomic E-state index is -0.588. The molecule has 0 saturated heterocycles. The second kappa shape index (κ2) is 7.34. The summed E-state index contributed by atoms with van der Waals surface area (Å²) in [6.45, 7) is 14.3. The first-order valence-electron chi connectivity index (χ1n) is 13.9. The molecule has 5 rings (SSSR count). The molecule has 4 saturated carbocycles. The van der Waals surface area contributed by atoms with Crippen LogP contribution in [0.25, 0.3) is 0 Å². The van der Waals surface area contributed by atoms with E-state index in [2.05, 4.69) is 47.6 Å². The van der Waals surface area contributed by atoms with Gasteiger partial charge in [0.25, 0.3) is 0 Å². The second-order valence-electron chi connectivity index (χ2n) is 14.9. The lowest BCUT2D eigenvalue weighted by atomic mass is 9.33. The smallest absolute Gasteiger partial charge is 0.310 e. The molecule has 4 nitrogen and oxygen atoms in total. The van der Waals surface area contributed by atoms with Gasteiger partial charge < -0.3 is 15.3 Å². The maximum atomic E-state index is 12.8. The van der Waals surface area contributed by atoms with Crippen LogP contribution in [-0.2, 0) is 4.79 Å². The van der Waals surface area contributed by atoms with Crippen LogP contribution in [0.2, 0.25) is 0 Å². The van der Waals surface area contributed by atoms with Crippen molar-refractivity contribution in [2.24, 2.45) is 50.2 Å². The van der Waals surface area contributed by atoms with Gasteiger partial charge in [-0.05, 0) is 104 Å². The number of allylic oxidation sites excluding steroid dienone is 2. The Bertz CT molecular complexity index is 907. The fourth-order valence-electron chi connectivity index (χ4n) is 10.7. The second-order valence-corrected chi connectivity index (χ2v) is 14.9. The van der Waals surface area contributed by atoms with Crippen molar-refractivity contribution in [1.82, 2.24) is 0 Å². The number of fused-ring (bicyclic) bond motifs is 7. The molecular formula is C30H48O4. The summed E-state index contributed by atoms with van der Waals surface area (Å²) in [7, 11) is 0. The number of hydrogen-bond donors (Lipinski definition) is 3. The molecule has 0 amide bonds. The number of carbonyl (C=O) groups is 1. The van der Waals surface area contributed by atoms with Crippen molar-refractivity contribution in [2.75, 3.05) is 6.61 Å². The van der Waals surface area contributed by atoms with Crippen molar-refractivity contribution in [3.05, 3.63) is 11.6 Å². The van der Waals surface area contributed by atoms with Gasteiger partial charge in [0, 0.05) is 5.41 Å². The number of aliphatic hydroxyl groups excluding tert-OH is 2. The van der Waals surface area contributed by atoms with Crippen LogP contribution in [0, 0.1) is 50.2 Å². The molecule has 0 aromatic heterocycles. The zero-order valence-electron chi connectivity index (χ0n) is 22.4. The van der Waals surface area contributed by atoms with Gasteiger partial charge in [-0.15, -0.1) is 0 Å². The van der Waals surface area contributed by atoms with Crippen LogP contribution in [-0.4, -0.2) is 34.0 Å². The maximum Gasteiger partial charge on any atom is 0.310 e. The summed E-state index contributed by atoms with van der Waals surface area (Å²) in [5, 5.41) is 31.8. The summed E-state index contributed by atoms with van der Waals surface area (Å²) < 4.78 is 0. The molecule has 4 heteroatoms. The molecule has 5 aliphatic carbocycles. The van der Waals surface area contributed by atoms with Crippen LogP contribution >= 0.6 is 0 Å². The van der Waals surface area contributed by atoms with Crippen LogP contribution in [0.15, 0.2) is 11.6 Å². The van der Waals surface area contributed by atoms with Crippen molar-refractivity contribution < 1.29 is 20.1 Å². The first-order chi connectivity index (χ1) is 15.7. The topological polar surface area (TPSA) is 77.8 Å². The van der Waals surface area contributed by atoms with Crippen molar-refractivity contribution in [3.63, 3.8) is 0 Å². The summed E-state index contributed by atoms with van der Waals surface area (Å²) in [6, 6.07) is 0. The van der Waals surface area contributed by atoms with Crippen LogP contribution in [0.4, 0.5) is 0 Å². The molecule has 0 radical (unpaired) electrons. The van der Waals surface area contributed by atoms with E-state index in [4.69, 9.17) is 0 Å². The number of aliphatic hydroxyl groups is 2. The van der Waals surface area contributed by atoms with Gasteiger partial charge in [0.1, 0.15) is 0 Å². The third-order valence-corrected chi connectivity index (χ3v) is 13.2. The number of rotatable bonds is 2. The van der Waals surface area contributed by atoms with E-state index in [1.807, 2.05) is 0 Å². The summed E-state index contributed by atoms with van der Waals surface area (Å²) in [5.74, 6) is 0.395. The van der Waals surface area contributed by atoms with Gasteiger partial charge in [0.2, 0.25) is 0 Å². The highest BCUT2D eigenvalue weighted by Crippen LogP contribution is 2.75. The fraction of sp³-hybridized carbons (Fsp3) is 0.900. The van der Waals surface area contributed by atoms with E-state index in [0.29, 0.717) is 11.8 Å². The zero-order valence-corrected chi connectivity index (χ0v) is 22.4. The predicted molar refractivity (Wildman–Crippen MR) is 134 cm³/mol. The predicted octanol–water partition coefficient (Wildman–Crippen LogP) is 6.21. The van der Waals surface area contributed by atoms with E-state index in [1.54, 1.807) is 0 Å². The van der Waals surface area contributed by atoms with Crippen molar-refractivity contribution in [1.29, 1.82) is 0 Å². The Morgan fingerprint density at radius 2 is 1.62 bits per heavy atom. The van der Waals surface area contributed by atoms with Gasteiger partial charge in [0.15, 0.2) is 0 Å². The molecule has 3 N–H and O–H groups in total. The molecule has 9 atom stereocenters. The molecule has 0 bridgehead atoms. The minimum absolute atomic E-state index is 0.0204. The monoisotopic (exact) mass is 472 g/mol.